The van der Waals surface area contributed by atoms with Crippen LogP contribution in [0, 0.1) is 11.3 Å². The van der Waals surface area contributed by atoms with E-state index in [0.717, 1.165) is 12.5 Å². The number of carbonyl (C=O) groups excluding carboxylic acids is 1. The molecule has 0 aromatic carbocycles. The molecule has 0 radical (unpaired) electrons. The van der Waals surface area contributed by atoms with E-state index in [4.69, 9.17) is 0 Å². The van der Waals surface area contributed by atoms with Crippen molar-refractivity contribution in [2.24, 2.45) is 16.3 Å². The van der Waals surface area contributed by atoms with Crippen molar-refractivity contribution >= 4 is 6.08 Å². The number of hydrogen-bond donors (Lipinski definition) is 0. The first kappa shape index (κ1) is 6.11. The summed E-state index contributed by atoms with van der Waals surface area (Å²) in [6, 6.07) is 0. The molecule has 0 atom stereocenters. The minimum Gasteiger partial charge on any atom is -0.211 e. The van der Waals surface area contributed by atoms with Crippen molar-refractivity contribution in [3.63, 3.8) is 0 Å². The van der Waals surface area contributed by atoms with E-state index in [1.807, 2.05) is 0 Å². The highest BCUT2D eigenvalue weighted by atomic mass is 16.1. The largest absolute Gasteiger partial charge is 0.234 e. The van der Waals surface area contributed by atoms with Crippen LogP contribution in [0.5, 0.6) is 0 Å². The second-order valence-electron chi connectivity index (χ2n) is 3.54. The molecule has 2 nitrogen and oxygen atoms in total. The molecule has 2 saturated carbocycles. The van der Waals surface area contributed by atoms with E-state index in [1.54, 1.807) is 6.08 Å². The van der Waals surface area contributed by atoms with Crippen LogP contribution >= 0.6 is 0 Å². The van der Waals surface area contributed by atoms with Crippen LogP contribution in [0.2, 0.25) is 0 Å². The number of rotatable bonds is 3. The second kappa shape index (κ2) is 1.93. The molecular formula is C8H11NO. The van der Waals surface area contributed by atoms with Gasteiger partial charge in [-0.05, 0) is 37.0 Å². The van der Waals surface area contributed by atoms with Gasteiger partial charge in [-0.25, -0.2) is 9.79 Å². The molecule has 2 heteroatoms. The Morgan fingerprint density at radius 3 is 2.60 bits per heavy atom. The number of nitrogens with zero attached hydrogens (tertiary/aromatic N) is 1. The summed E-state index contributed by atoms with van der Waals surface area (Å²) in [4.78, 5) is 13.5. The van der Waals surface area contributed by atoms with Crippen molar-refractivity contribution in [1.82, 2.24) is 0 Å². The summed E-state index contributed by atoms with van der Waals surface area (Å²) in [5, 5.41) is 0. The smallest absolute Gasteiger partial charge is 0.211 e. The fourth-order valence-corrected chi connectivity index (χ4v) is 1.74. The van der Waals surface area contributed by atoms with Crippen LogP contribution in [0.15, 0.2) is 4.99 Å². The van der Waals surface area contributed by atoms with Crippen LogP contribution < -0.4 is 0 Å². The Morgan fingerprint density at radius 2 is 2.20 bits per heavy atom. The summed E-state index contributed by atoms with van der Waals surface area (Å²) in [6.07, 6.45) is 6.95. The zero-order chi connectivity index (χ0) is 7.03. The minimum absolute atomic E-state index is 0.484. The van der Waals surface area contributed by atoms with Gasteiger partial charge < -0.3 is 0 Å². The second-order valence-corrected chi connectivity index (χ2v) is 3.54. The van der Waals surface area contributed by atoms with Crippen molar-refractivity contribution in [1.29, 1.82) is 0 Å². The van der Waals surface area contributed by atoms with E-state index in [9.17, 15) is 4.79 Å². The summed E-state index contributed by atoms with van der Waals surface area (Å²) in [6.45, 7) is 0.751. The first-order valence-corrected chi connectivity index (χ1v) is 3.91. The monoisotopic (exact) mass is 137 g/mol. The van der Waals surface area contributed by atoms with E-state index >= 15 is 0 Å². The van der Waals surface area contributed by atoms with Crippen molar-refractivity contribution in [3.8, 4) is 0 Å². The van der Waals surface area contributed by atoms with Gasteiger partial charge in [0.05, 0.1) is 6.54 Å². The number of aliphatic imine (C=N–C) groups is 1. The van der Waals surface area contributed by atoms with E-state index in [1.165, 1.54) is 25.7 Å². The zero-order valence-electron chi connectivity index (χ0n) is 5.97. The standard InChI is InChI=1S/C8H11NO/c10-6-9-5-8(3-4-8)7-1-2-7/h7H,1-5H2. The van der Waals surface area contributed by atoms with Gasteiger partial charge in [-0.15, -0.1) is 0 Å². The van der Waals surface area contributed by atoms with Gasteiger partial charge in [0.25, 0.3) is 0 Å². The van der Waals surface area contributed by atoms with Gasteiger partial charge in [0, 0.05) is 0 Å². The third-order valence-corrected chi connectivity index (χ3v) is 2.79. The Kier molecular flexibility index (Phi) is 1.18. The summed E-state index contributed by atoms with van der Waals surface area (Å²) >= 11 is 0. The number of isocyanates is 1. The third-order valence-electron chi connectivity index (χ3n) is 2.79. The average molecular weight is 137 g/mol. The molecule has 0 heterocycles. The Bertz CT molecular complexity index is 185. The molecule has 0 N–H and O–H groups in total. The molecular weight excluding hydrogens is 126 g/mol. The predicted molar refractivity (Wildman–Crippen MR) is 37.4 cm³/mol. The Balaban J connectivity index is 1.94. The molecule has 2 rings (SSSR count). The molecule has 0 aromatic rings. The first-order valence-electron chi connectivity index (χ1n) is 3.91. The maximum absolute atomic E-state index is 9.83. The summed E-state index contributed by atoms with van der Waals surface area (Å²) in [7, 11) is 0. The highest BCUT2D eigenvalue weighted by Crippen LogP contribution is 2.61. The molecule has 0 aliphatic heterocycles. The van der Waals surface area contributed by atoms with Crippen molar-refractivity contribution in [2.45, 2.75) is 25.7 Å². The van der Waals surface area contributed by atoms with Gasteiger partial charge in [0.15, 0.2) is 0 Å². The molecule has 2 aliphatic rings. The van der Waals surface area contributed by atoms with Gasteiger partial charge in [0.2, 0.25) is 6.08 Å². The Labute approximate surface area is 60.3 Å². The highest BCUT2D eigenvalue weighted by Gasteiger charge is 2.53. The minimum atomic E-state index is 0.484. The van der Waals surface area contributed by atoms with Crippen molar-refractivity contribution < 1.29 is 4.79 Å². The van der Waals surface area contributed by atoms with Crippen molar-refractivity contribution in [2.75, 3.05) is 6.54 Å². The van der Waals surface area contributed by atoms with Crippen LogP contribution in [0.3, 0.4) is 0 Å². The fraction of sp³-hybridized carbons (Fsp3) is 0.875. The van der Waals surface area contributed by atoms with Crippen LogP contribution in [-0.4, -0.2) is 12.6 Å². The molecule has 54 valence electrons. The lowest BCUT2D eigenvalue weighted by molar-refractivity contribution is 0.451. The molecule has 0 bridgehead atoms. The molecule has 2 aliphatic carbocycles. The van der Waals surface area contributed by atoms with Crippen LogP contribution in [0.4, 0.5) is 0 Å². The predicted octanol–water partition coefficient (Wildman–Crippen LogP) is 1.51. The summed E-state index contributed by atoms with van der Waals surface area (Å²) in [5.74, 6) is 0.907. The van der Waals surface area contributed by atoms with E-state index < -0.39 is 0 Å². The molecule has 0 saturated heterocycles. The topological polar surface area (TPSA) is 29.4 Å². The Hall–Kier alpha value is -0.620. The zero-order valence-corrected chi connectivity index (χ0v) is 5.97. The maximum Gasteiger partial charge on any atom is 0.234 e. The molecule has 0 spiro atoms. The Morgan fingerprint density at radius 1 is 1.50 bits per heavy atom. The average Bonchev–Trinajstić information content (AvgIpc) is 2.76. The van der Waals surface area contributed by atoms with Gasteiger partial charge >= 0.3 is 0 Å². The molecule has 2 fully saturated rings. The lowest BCUT2D eigenvalue weighted by atomic mass is 10.0. The van der Waals surface area contributed by atoms with Gasteiger partial charge in [-0.3, -0.25) is 0 Å². The van der Waals surface area contributed by atoms with Gasteiger partial charge in [-0.2, -0.15) is 0 Å². The molecule has 0 unspecified atom stereocenters. The van der Waals surface area contributed by atoms with Crippen LogP contribution in [0.25, 0.3) is 0 Å². The normalized spacial score (nSPS) is 27.2. The summed E-state index contributed by atoms with van der Waals surface area (Å²) in [5.41, 5.74) is 0.484. The van der Waals surface area contributed by atoms with Gasteiger partial charge in [-0.1, -0.05) is 0 Å². The lowest BCUT2D eigenvalue weighted by Crippen LogP contribution is -2.06. The number of hydrogen-bond acceptors (Lipinski definition) is 2. The van der Waals surface area contributed by atoms with E-state index in [0.29, 0.717) is 5.41 Å². The molecule has 10 heavy (non-hydrogen) atoms. The fourth-order valence-electron chi connectivity index (χ4n) is 1.74. The van der Waals surface area contributed by atoms with E-state index in [2.05, 4.69) is 4.99 Å². The molecule has 0 aromatic heterocycles. The first-order chi connectivity index (χ1) is 4.87. The van der Waals surface area contributed by atoms with Crippen LogP contribution in [0.1, 0.15) is 25.7 Å². The maximum atomic E-state index is 9.83. The van der Waals surface area contributed by atoms with E-state index in [-0.39, 0.29) is 0 Å². The summed E-state index contributed by atoms with van der Waals surface area (Å²) < 4.78 is 0. The van der Waals surface area contributed by atoms with Gasteiger partial charge in [0.1, 0.15) is 0 Å². The lowest BCUT2D eigenvalue weighted by Gasteiger charge is -2.06. The quantitative estimate of drug-likeness (QED) is 0.428. The highest BCUT2D eigenvalue weighted by molar-refractivity contribution is 5.33. The SMILES string of the molecule is O=C=NCC1(C2CC2)CC1. The third kappa shape index (κ3) is 0.889. The molecule has 0 amide bonds. The van der Waals surface area contributed by atoms with Crippen LogP contribution in [-0.2, 0) is 4.79 Å². The van der Waals surface area contributed by atoms with Crippen molar-refractivity contribution in [3.05, 3.63) is 0 Å².